The average Bonchev–Trinajstić information content (AvgIpc) is 3.34. The third-order valence-corrected chi connectivity index (χ3v) is 7.90. The first-order valence-corrected chi connectivity index (χ1v) is 12.8. The number of nitrogens with zero attached hydrogens (tertiary/aromatic N) is 1. The summed E-state index contributed by atoms with van der Waals surface area (Å²) in [6.45, 7) is 3.33. The van der Waals surface area contributed by atoms with Crippen molar-refractivity contribution in [1.82, 2.24) is 9.29 Å². The highest BCUT2D eigenvalue weighted by atomic mass is 32.2. The highest BCUT2D eigenvalue weighted by molar-refractivity contribution is 7.89. The summed E-state index contributed by atoms with van der Waals surface area (Å²) in [5, 5.41) is 3.09. The van der Waals surface area contributed by atoms with Crippen LogP contribution in [0, 0.1) is 0 Å². The fraction of sp³-hybridized carbons (Fsp3) is 0.476. The van der Waals surface area contributed by atoms with Crippen LogP contribution < -0.4 is 10.0 Å². The lowest BCUT2D eigenvalue weighted by Crippen LogP contribution is -2.30. The number of anilines is 1. The number of carbonyl (C=O) groups excluding carboxylic acids is 3. The minimum atomic E-state index is -3.74. The van der Waals surface area contributed by atoms with E-state index in [-0.39, 0.29) is 17.2 Å². The Kier molecular flexibility index (Phi) is 7.60. The van der Waals surface area contributed by atoms with Crippen molar-refractivity contribution in [2.45, 2.75) is 50.5 Å². The second-order valence-corrected chi connectivity index (χ2v) is 10.5. The summed E-state index contributed by atoms with van der Waals surface area (Å²) in [7, 11) is -0.977. The number of thiophene rings is 1. The molecule has 1 amide bonds. The van der Waals surface area contributed by atoms with Crippen LogP contribution in [0.4, 0.5) is 5.00 Å². The van der Waals surface area contributed by atoms with Gasteiger partial charge in [-0.1, -0.05) is 0 Å². The zero-order chi connectivity index (χ0) is 24.3. The van der Waals surface area contributed by atoms with Gasteiger partial charge in [0.05, 0.1) is 12.2 Å². The van der Waals surface area contributed by atoms with Crippen molar-refractivity contribution < 1.29 is 32.3 Å². The molecule has 2 aromatic rings. The van der Waals surface area contributed by atoms with Gasteiger partial charge in [0.25, 0.3) is 5.91 Å². The molecule has 3 rings (SSSR count). The molecule has 0 radical (unpaired) electrons. The van der Waals surface area contributed by atoms with E-state index in [1.807, 2.05) is 0 Å². The zero-order valence-corrected chi connectivity index (χ0v) is 20.5. The fourth-order valence-electron chi connectivity index (χ4n) is 3.56. The number of aryl methyl sites for hydroxylation is 2. The summed E-state index contributed by atoms with van der Waals surface area (Å²) in [5.41, 5.74) is 1.25. The minimum absolute atomic E-state index is 0.0257. The quantitative estimate of drug-likeness (QED) is 0.535. The van der Waals surface area contributed by atoms with E-state index >= 15 is 0 Å². The van der Waals surface area contributed by atoms with E-state index in [0.29, 0.717) is 10.6 Å². The molecule has 0 aliphatic heterocycles. The summed E-state index contributed by atoms with van der Waals surface area (Å²) < 4.78 is 37.9. The number of amides is 1. The SMILES string of the molecule is CCOC(=O)c1c(NC(=O)C(C)OC(=O)c2cc(S(=O)(=O)NC)cn2C)sc2c1CCCC2. The Hall–Kier alpha value is -2.70. The van der Waals surface area contributed by atoms with E-state index in [9.17, 15) is 22.8 Å². The first-order chi connectivity index (χ1) is 15.6. The molecule has 1 aliphatic carbocycles. The Morgan fingerprint density at radius 3 is 2.58 bits per heavy atom. The van der Waals surface area contributed by atoms with Crippen LogP contribution in [0.15, 0.2) is 17.2 Å². The molecule has 1 aliphatic rings. The molecule has 0 spiro atoms. The van der Waals surface area contributed by atoms with E-state index in [4.69, 9.17) is 9.47 Å². The van der Waals surface area contributed by atoms with Gasteiger partial charge in [-0.25, -0.2) is 22.7 Å². The molecule has 2 aromatic heterocycles. The number of hydrogen-bond donors (Lipinski definition) is 2. The lowest BCUT2D eigenvalue weighted by Gasteiger charge is -2.14. The Morgan fingerprint density at radius 2 is 1.91 bits per heavy atom. The molecule has 0 saturated heterocycles. The van der Waals surface area contributed by atoms with Crippen molar-refractivity contribution in [1.29, 1.82) is 0 Å². The Balaban J connectivity index is 1.76. The maximum atomic E-state index is 12.8. The van der Waals surface area contributed by atoms with Gasteiger partial charge in [-0.2, -0.15) is 0 Å². The highest BCUT2D eigenvalue weighted by Gasteiger charge is 2.29. The van der Waals surface area contributed by atoms with Crippen LogP contribution in [0.5, 0.6) is 0 Å². The standard InChI is InChI=1S/C21H27N3O7S2/c1-5-30-21(27)17-14-8-6-7-9-16(14)32-19(17)23-18(25)12(2)31-20(26)15-10-13(11-24(15)4)33(28,29)22-3/h10-12,22H,5-9H2,1-4H3,(H,23,25). The highest BCUT2D eigenvalue weighted by Crippen LogP contribution is 2.38. The molecule has 2 N–H and O–H groups in total. The van der Waals surface area contributed by atoms with E-state index in [2.05, 4.69) is 10.0 Å². The van der Waals surface area contributed by atoms with Gasteiger partial charge in [-0.15, -0.1) is 11.3 Å². The average molecular weight is 498 g/mol. The maximum Gasteiger partial charge on any atom is 0.355 e. The van der Waals surface area contributed by atoms with E-state index < -0.39 is 34.0 Å². The van der Waals surface area contributed by atoms with Gasteiger partial charge < -0.3 is 19.4 Å². The number of nitrogens with one attached hydrogen (secondary N) is 2. The number of carbonyl (C=O) groups is 3. The molecular weight excluding hydrogens is 470 g/mol. The molecule has 1 atom stereocenters. The zero-order valence-electron chi connectivity index (χ0n) is 18.9. The second kappa shape index (κ2) is 10.1. The van der Waals surface area contributed by atoms with Crippen molar-refractivity contribution >= 4 is 44.2 Å². The van der Waals surface area contributed by atoms with Gasteiger partial charge in [0.2, 0.25) is 10.0 Å². The number of sulfonamides is 1. The van der Waals surface area contributed by atoms with Crippen molar-refractivity contribution in [2.24, 2.45) is 7.05 Å². The normalized spacial score (nSPS) is 14.3. The molecule has 2 heterocycles. The van der Waals surface area contributed by atoms with Gasteiger partial charge in [-0.3, -0.25) is 4.79 Å². The maximum absolute atomic E-state index is 12.8. The van der Waals surface area contributed by atoms with Gasteiger partial charge >= 0.3 is 11.9 Å². The molecule has 0 bridgehead atoms. The first kappa shape index (κ1) is 24.9. The third-order valence-electron chi connectivity index (χ3n) is 5.31. The summed E-state index contributed by atoms with van der Waals surface area (Å²) in [6, 6.07) is 1.17. The minimum Gasteiger partial charge on any atom is -0.462 e. The number of rotatable bonds is 8. The van der Waals surface area contributed by atoms with E-state index in [1.165, 1.54) is 49.2 Å². The van der Waals surface area contributed by atoms with Crippen LogP contribution in [-0.2, 0) is 44.2 Å². The summed E-state index contributed by atoms with van der Waals surface area (Å²) in [5.74, 6) is -1.95. The van der Waals surface area contributed by atoms with Crippen molar-refractivity contribution in [3.8, 4) is 0 Å². The number of esters is 2. The van der Waals surface area contributed by atoms with Crippen LogP contribution in [0.2, 0.25) is 0 Å². The summed E-state index contributed by atoms with van der Waals surface area (Å²) in [4.78, 5) is 38.8. The van der Waals surface area contributed by atoms with Crippen molar-refractivity contribution in [2.75, 3.05) is 19.0 Å². The molecule has 1 unspecified atom stereocenters. The van der Waals surface area contributed by atoms with E-state index in [0.717, 1.165) is 36.1 Å². The first-order valence-electron chi connectivity index (χ1n) is 10.5. The summed E-state index contributed by atoms with van der Waals surface area (Å²) in [6.07, 6.45) is 3.63. The number of aromatic nitrogens is 1. The molecule has 0 fully saturated rings. The number of fused-ring (bicyclic) bond motifs is 1. The molecule has 10 nitrogen and oxygen atoms in total. The molecular formula is C21H27N3O7S2. The monoisotopic (exact) mass is 497 g/mol. The largest absolute Gasteiger partial charge is 0.462 e. The Bertz CT molecular complexity index is 1180. The molecule has 12 heteroatoms. The molecule has 33 heavy (non-hydrogen) atoms. The smallest absolute Gasteiger partial charge is 0.355 e. The second-order valence-electron chi connectivity index (χ2n) is 7.55. The van der Waals surface area contributed by atoms with Crippen molar-refractivity contribution in [3.05, 3.63) is 34.0 Å². The lowest BCUT2D eigenvalue weighted by molar-refractivity contribution is -0.123. The van der Waals surface area contributed by atoms with Gasteiger partial charge in [-0.05, 0) is 58.2 Å². The number of hydrogen-bond acceptors (Lipinski definition) is 8. The topological polar surface area (TPSA) is 133 Å². The molecule has 0 aromatic carbocycles. The Morgan fingerprint density at radius 1 is 1.21 bits per heavy atom. The van der Waals surface area contributed by atoms with Gasteiger partial charge in [0, 0.05) is 18.1 Å². The predicted molar refractivity (Wildman–Crippen MR) is 122 cm³/mol. The summed E-state index contributed by atoms with van der Waals surface area (Å²) >= 11 is 1.34. The third kappa shape index (κ3) is 5.28. The van der Waals surface area contributed by atoms with Crippen molar-refractivity contribution in [3.63, 3.8) is 0 Å². The van der Waals surface area contributed by atoms with Crippen LogP contribution in [0.1, 0.15) is 58.0 Å². The Labute approximate surface area is 196 Å². The van der Waals surface area contributed by atoms with Gasteiger partial charge in [0.1, 0.15) is 15.6 Å². The van der Waals surface area contributed by atoms with E-state index in [1.54, 1.807) is 6.92 Å². The van der Waals surface area contributed by atoms with Crippen LogP contribution in [-0.4, -0.2) is 50.6 Å². The van der Waals surface area contributed by atoms with Crippen LogP contribution in [0.25, 0.3) is 0 Å². The van der Waals surface area contributed by atoms with Crippen LogP contribution >= 0.6 is 11.3 Å². The fourth-order valence-corrected chi connectivity index (χ4v) is 5.64. The van der Waals surface area contributed by atoms with Gasteiger partial charge in [0.15, 0.2) is 6.10 Å². The number of ether oxygens (including phenoxy) is 2. The van der Waals surface area contributed by atoms with Crippen LogP contribution in [0.3, 0.4) is 0 Å². The molecule has 0 saturated carbocycles. The molecule has 180 valence electrons. The lowest BCUT2D eigenvalue weighted by atomic mass is 9.95. The predicted octanol–water partition coefficient (Wildman–Crippen LogP) is 2.23.